The zero-order valence-electron chi connectivity index (χ0n) is 10.9. The number of hydrogen-bond acceptors (Lipinski definition) is 3. The monoisotopic (exact) mass is 267 g/mol. The summed E-state index contributed by atoms with van der Waals surface area (Å²) in [5.74, 6) is -0.285. The molecule has 0 unspecified atom stereocenters. The molecular weight excluding hydrogens is 250 g/mol. The Balaban J connectivity index is 2.94. The van der Waals surface area contributed by atoms with E-state index in [1.165, 1.54) is 18.2 Å². The zero-order chi connectivity index (χ0) is 13.7. The Bertz CT molecular complexity index is 465. The molecule has 0 saturated heterocycles. The van der Waals surface area contributed by atoms with Crippen molar-refractivity contribution < 1.29 is 9.90 Å². The van der Waals surface area contributed by atoms with Crippen LogP contribution in [0.2, 0.25) is 5.02 Å². The summed E-state index contributed by atoms with van der Waals surface area (Å²) in [4.78, 5) is 13.9. The van der Waals surface area contributed by atoms with E-state index in [-0.39, 0.29) is 17.1 Å². The number of aryl methyl sites for hydroxylation is 1. The maximum absolute atomic E-state index is 11.9. The Morgan fingerprint density at radius 1 is 1.39 bits per heavy atom. The first-order chi connectivity index (χ1) is 8.49. The summed E-state index contributed by atoms with van der Waals surface area (Å²) in [6, 6.07) is 3.00. The Hall–Kier alpha value is -1.48. The molecule has 0 aromatic heterocycles. The van der Waals surface area contributed by atoms with Crippen molar-refractivity contribution in [3.05, 3.63) is 40.6 Å². The van der Waals surface area contributed by atoms with E-state index in [0.717, 1.165) is 18.7 Å². The lowest BCUT2D eigenvalue weighted by Gasteiger charge is -2.14. The van der Waals surface area contributed by atoms with Crippen LogP contribution in [0.1, 0.15) is 29.8 Å². The van der Waals surface area contributed by atoms with E-state index in [0.29, 0.717) is 5.02 Å². The number of hydrogen-bond donors (Lipinski definition) is 1. The maximum atomic E-state index is 11.9. The number of phenolic OH excluding ortho intramolecular Hbond substituents is 1. The molecule has 0 aliphatic heterocycles. The van der Waals surface area contributed by atoms with Gasteiger partial charge in [-0.3, -0.25) is 4.79 Å². The largest absolute Gasteiger partial charge is 0.507 e. The van der Waals surface area contributed by atoms with E-state index in [1.54, 1.807) is 13.1 Å². The first-order valence-electron chi connectivity index (χ1n) is 5.95. The van der Waals surface area contributed by atoms with Gasteiger partial charge in [0, 0.05) is 30.4 Å². The summed E-state index contributed by atoms with van der Waals surface area (Å²) in [6.07, 6.45) is 3.18. The fourth-order valence-corrected chi connectivity index (χ4v) is 1.72. The van der Waals surface area contributed by atoms with Crippen LogP contribution in [-0.4, -0.2) is 28.9 Å². The molecule has 98 valence electrons. The van der Waals surface area contributed by atoms with E-state index < -0.39 is 0 Å². The van der Waals surface area contributed by atoms with Crippen LogP contribution in [0.3, 0.4) is 0 Å². The van der Waals surface area contributed by atoms with Crippen molar-refractivity contribution in [2.24, 2.45) is 0 Å². The van der Waals surface area contributed by atoms with Gasteiger partial charge in [0.2, 0.25) is 0 Å². The number of carbonyl (C=O) groups excluding carboxylic acids is 1. The third kappa shape index (κ3) is 3.50. The summed E-state index contributed by atoms with van der Waals surface area (Å²) in [6.45, 7) is 7.47. The van der Waals surface area contributed by atoms with Gasteiger partial charge < -0.3 is 10.0 Å². The predicted molar refractivity (Wildman–Crippen MR) is 74.2 cm³/mol. The number of aromatic hydroxyl groups is 1. The Morgan fingerprint density at radius 3 is 2.56 bits per heavy atom. The molecule has 1 aromatic carbocycles. The van der Waals surface area contributed by atoms with E-state index >= 15 is 0 Å². The summed E-state index contributed by atoms with van der Waals surface area (Å²) < 4.78 is 0. The van der Waals surface area contributed by atoms with Crippen molar-refractivity contribution in [2.75, 3.05) is 13.1 Å². The molecule has 0 aliphatic rings. The first-order valence-corrected chi connectivity index (χ1v) is 6.33. The van der Waals surface area contributed by atoms with Gasteiger partial charge in [0.1, 0.15) is 5.75 Å². The molecule has 0 atom stereocenters. The minimum atomic E-state index is -0.249. The highest BCUT2D eigenvalue weighted by Crippen LogP contribution is 2.26. The second-order valence-corrected chi connectivity index (χ2v) is 4.43. The van der Waals surface area contributed by atoms with E-state index in [4.69, 9.17) is 11.6 Å². The summed E-state index contributed by atoms with van der Waals surface area (Å²) in [5, 5.41) is 10.2. The normalized spacial score (nSPS) is 10.9. The number of allylic oxidation sites excluding steroid dienone is 1. The molecule has 0 aliphatic carbocycles. The second kappa shape index (κ2) is 6.45. The van der Waals surface area contributed by atoms with Crippen LogP contribution in [0.25, 0.3) is 0 Å². The van der Waals surface area contributed by atoms with Crippen molar-refractivity contribution in [2.45, 2.75) is 20.8 Å². The van der Waals surface area contributed by atoms with Gasteiger partial charge in [0.25, 0.3) is 0 Å². The van der Waals surface area contributed by atoms with Crippen LogP contribution in [0, 0.1) is 6.92 Å². The van der Waals surface area contributed by atoms with E-state index in [1.807, 2.05) is 18.7 Å². The molecule has 1 N–H and O–H groups in total. The molecule has 3 nitrogen and oxygen atoms in total. The molecule has 0 spiro atoms. The highest BCUT2D eigenvalue weighted by Gasteiger charge is 2.11. The predicted octanol–water partition coefficient (Wildman–Crippen LogP) is 3.39. The third-order valence-electron chi connectivity index (χ3n) is 2.79. The summed E-state index contributed by atoms with van der Waals surface area (Å²) in [5.41, 5.74) is 0.979. The van der Waals surface area contributed by atoms with E-state index in [2.05, 4.69) is 0 Å². The molecule has 0 amide bonds. The molecule has 0 saturated carbocycles. The van der Waals surface area contributed by atoms with E-state index in [9.17, 15) is 9.90 Å². The van der Waals surface area contributed by atoms with Gasteiger partial charge >= 0.3 is 0 Å². The van der Waals surface area contributed by atoms with Gasteiger partial charge in [-0.2, -0.15) is 0 Å². The highest BCUT2D eigenvalue weighted by atomic mass is 35.5. The number of phenols is 1. The number of nitrogens with zero attached hydrogens (tertiary/aromatic N) is 1. The van der Waals surface area contributed by atoms with Crippen molar-refractivity contribution in [1.29, 1.82) is 0 Å². The average Bonchev–Trinajstić information content (AvgIpc) is 2.34. The zero-order valence-corrected chi connectivity index (χ0v) is 11.7. The Morgan fingerprint density at radius 2 is 2.00 bits per heavy atom. The maximum Gasteiger partial charge on any atom is 0.191 e. The lowest BCUT2D eigenvalue weighted by atomic mass is 10.1. The Labute approximate surface area is 113 Å². The topological polar surface area (TPSA) is 40.5 Å². The lowest BCUT2D eigenvalue weighted by molar-refractivity contribution is 0.104. The van der Waals surface area contributed by atoms with Crippen LogP contribution in [-0.2, 0) is 0 Å². The fraction of sp³-hybridized carbons (Fsp3) is 0.357. The second-order valence-electron chi connectivity index (χ2n) is 4.02. The highest BCUT2D eigenvalue weighted by molar-refractivity contribution is 6.32. The van der Waals surface area contributed by atoms with Gasteiger partial charge in [0.15, 0.2) is 5.78 Å². The van der Waals surface area contributed by atoms with Crippen molar-refractivity contribution >= 4 is 17.4 Å². The molecule has 18 heavy (non-hydrogen) atoms. The molecular formula is C14H18ClNO2. The van der Waals surface area contributed by atoms with Crippen molar-refractivity contribution in [1.82, 2.24) is 4.90 Å². The minimum absolute atomic E-state index is 0.0360. The summed E-state index contributed by atoms with van der Waals surface area (Å²) >= 11 is 5.95. The smallest absolute Gasteiger partial charge is 0.191 e. The van der Waals surface area contributed by atoms with Crippen molar-refractivity contribution in [3.63, 3.8) is 0 Å². The van der Waals surface area contributed by atoms with Gasteiger partial charge in [0.05, 0.1) is 5.56 Å². The van der Waals surface area contributed by atoms with Crippen LogP contribution in [0.15, 0.2) is 24.4 Å². The minimum Gasteiger partial charge on any atom is -0.507 e. The number of halogens is 1. The lowest BCUT2D eigenvalue weighted by Crippen LogP contribution is -2.15. The fourth-order valence-electron chi connectivity index (χ4n) is 1.56. The van der Waals surface area contributed by atoms with Crippen molar-refractivity contribution in [3.8, 4) is 5.75 Å². The first kappa shape index (κ1) is 14.6. The number of carbonyl (C=O) groups is 1. The standard InChI is InChI=1S/C14H18ClNO2/c1-4-16(5-2)7-6-13(17)11-9-12(15)10(3)8-14(11)18/h6-9,18H,4-5H2,1-3H3/b7-6+. The molecule has 0 bridgehead atoms. The van der Waals surface area contributed by atoms with Crippen LogP contribution in [0.5, 0.6) is 5.75 Å². The van der Waals surface area contributed by atoms with Gasteiger partial charge in [-0.1, -0.05) is 11.6 Å². The molecule has 4 heteroatoms. The summed E-state index contributed by atoms with van der Waals surface area (Å²) in [7, 11) is 0. The molecule has 0 fully saturated rings. The van der Waals surface area contributed by atoms with Gasteiger partial charge in [-0.15, -0.1) is 0 Å². The average molecular weight is 268 g/mol. The Kier molecular flexibility index (Phi) is 5.23. The van der Waals surface area contributed by atoms with Crippen LogP contribution >= 0.6 is 11.6 Å². The van der Waals surface area contributed by atoms with Gasteiger partial charge in [-0.05, 0) is 38.5 Å². The molecule has 1 rings (SSSR count). The quantitative estimate of drug-likeness (QED) is 0.657. The van der Waals surface area contributed by atoms with Crippen LogP contribution in [0.4, 0.5) is 0 Å². The van der Waals surface area contributed by atoms with Crippen LogP contribution < -0.4 is 0 Å². The van der Waals surface area contributed by atoms with Gasteiger partial charge in [-0.25, -0.2) is 0 Å². The number of ketones is 1. The molecule has 0 radical (unpaired) electrons. The molecule has 0 heterocycles. The SMILES string of the molecule is CCN(/C=C/C(=O)c1cc(Cl)c(C)cc1O)CC. The molecule has 1 aromatic rings. The number of benzene rings is 1. The number of rotatable bonds is 5. The third-order valence-corrected chi connectivity index (χ3v) is 3.20.